The summed E-state index contributed by atoms with van der Waals surface area (Å²) in [4.78, 5) is 18.7. The first kappa shape index (κ1) is 14.7. The van der Waals surface area contributed by atoms with Crippen molar-refractivity contribution in [2.45, 2.75) is 46.6 Å². The molecule has 5 nitrogen and oxygen atoms in total. The van der Waals surface area contributed by atoms with E-state index >= 15 is 0 Å². The molecule has 0 saturated carbocycles. The van der Waals surface area contributed by atoms with Crippen LogP contribution in [0.5, 0.6) is 0 Å². The van der Waals surface area contributed by atoms with E-state index in [2.05, 4.69) is 40.4 Å². The number of nitrogens with zero attached hydrogens (tertiary/aromatic N) is 2. The van der Waals surface area contributed by atoms with Crippen LogP contribution in [0.3, 0.4) is 0 Å². The van der Waals surface area contributed by atoms with E-state index in [9.17, 15) is 4.79 Å². The first-order valence-corrected chi connectivity index (χ1v) is 7.36. The molecule has 0 aliphatic heterocycles. The minimum absolute atomic E-state index is 0.145. The number of thiophene rings is 1. The van der Waals surface area contributed by atoms with Crippen molar-refractivity contribution in [3.05, 3.63) is 33.0 Å². The first-order valence-electron chi connectivity index (χ1n) is 6.54. The fourth-order valence-corrected chi connectivity index (χ4v) is 2.68. The van der Waals surface area contributed by atoms with Crippen LogP contribution in [0, 0.1) is 13.8 Å². The Morgan fingerprint density at radius 2 is 2.10 bits per heavy atom. The van der Waals surface area contributed by atoms with Crippen LogP contribution in [0.15, 0.2) is 6.07 Å². The minimum atomic E-state index is -0.250. The second-order valence-electron chi connectivity index (χ2n) is 5.89. The summed E-state index contributed by atoms with van der Waals surface area (Å²) in [6, 6.07) is 2.10. The summed E-state index contributed by atoms with van der Waals surface area (Å²) in [5.74, 6) is 0.658. The van der Waals surface area contributed by atoms with E-state index in [1.165, 1.54) is 10.4 Å². The molecule has 0 atom stereocenters. The van der Waals surface area contributed by atoms with E-state index in [4.69, 9.17) is 0 Å². The summed E-state index contributed by atoms with van der Waals surface area (Å²) >= 11 is 1.70. The number of hydrogen-bond donors (Lipinski definition) is 2. The molecule has 2 rings (SSSR count). The third-order valence-corrected chi connectivity index (χ3v) is 4.19. The Balaban J connectivity index is 2.00. The maximum absolute atomic E-state index is 12.0. The number of hydrogen-bond acceptors (Lipinski definition) is 4. The van der Waals surface area contributed by atoms with E-state index in [0.29, 0.717) is 12.4 Å². The Morgan fingerprint density at radius 1 is 1.40 bits per heavy atom. The molecule has 2 aromatic rings. The van der Waals surface area contributed by atoms with Gasteiger partial charge in [-0.25, -0.2) is 4.98 Å². The Bertz CT molecular complexity index is 602. The van der Waals surface area contributed by atoms with Gasteiger partial charge in [-0.05, 0) is 25.5 Å². The number of aromatic nitrogens is 3. The molecule has 0 spiro atoms. The van der Waals surface area contributed by atoms with Crippen LogP contribution in [0.4, 0.5) is 0 Å². The second kappa shape index (κ2) is 5.36. The van der Waals surface area contributed by atoms with Crippen molar-refractivity contribution in [3.8, 4) is 0 Å². The molecule has 0 unspecified atom stereocenters. The number of aryl methyl sites for hydroxylation is 2. The number of aromatic amines is 1. The lowest BCUT2D eigenvalue weighted by Gasteiger charge is -2.12. The van der Waals surface area contributed by atoms with Crippen molar-refractivity contribution < 1.29 is 4.79 Å². The van der Waals surface area contributed by atoms with Gasteiger partial charge in [0.2, 0.25) is 5.82 Å². The molecule has 2 aromatic heterocycles. The van der Waals surface area contributed by atoms with Gasteiger partial charge in [-0.1, -0.05) is 20.8 Å². The van der Waals surface area contributed by atoms with Gasteiger partial charge < -0.3 is 5.32 Å². The second-order valence-corrected chi connectivity index (χ2v) is 7.23. The van der Waals surface area contributed by atoms with E-state index in [-0.39, 0.29) is 17.1 Å². The van der Waals surface area contributed by atoms with Gasteiger partial charge >= 0.3 is 0 Å². The lowest BCUT2D eigenvalue weighted by molar-refractivity contribution is 0.0941. The molecule has 0 radical (unpaired) electrons. The predicted octanol–water partition coefficient (Wildman–Crippen LogP) is 2.71. The van der Waals surface area contributed by atoms with Crippen LogP contribution in [-0.2, 0) is 12.0 Å². The Hall–Kier alpha value is -1.69. The van der Waals surface area contributed by atoms with Gasteiger partial charge in [0, 0.05) is 15.2 Å². The topological polar surface area (TPSA) is 70.7 Å². The average Bonchev–Trinajstić information content (AvgIpc) is 2.94. The lowest BCUT2D eigenvalue weighted by Crippen LogP contribution is -2.24. The molecule has 2 N–H and O–H groups in total. The van der Waals surface area contributed by atoms with Crippen molar-refractivity contribution >= 4 is 17.2 Å². The number of H-pyrrole nitrogens is 1. The number of rotatable bonds is 3. The Kier molecular flexibility index (Phi) is 3.94. The molecular formula is C14H20N4OS. The van der Waals surface area contributed by atoms with Gasteiger partial charge in [-0.3, -0.25) is 9.89 Å². The van der Waals surface area contributed by atoms with Gasteiger partial charge in [0.25, 0.3) is 5.91 Å². The van der Waals surface area contributed by atoms with Crippen LogP contribution >= 0.6 is 11.3 Å². The SMILES string of the molecule is Cc1cc(CNC(=O)c2n[nH]c(C(C)(C)C)n2)sc1C. The van der Waals surface area contributed by atoms with Crippen molar-refractivity contribution in [1.29, 1.82) is 0 Å². The molecule has 0 aliphatic carbocycles. The smallest absolute Gasteiger partial charge is 0.291 e. The summed E-state index contributed by atoms with van der Waals surface area (Å²) in [5.41, 5.74) is 1.11. The van der Waals surface area contributed by atoms with Crippen molar-refractivity contribution in [2.24, 2.45) is 0 Å². The van der Waals surface area contributed by atoms with Gasteiger partial charge in [0.15, 0.2) is 0 Å². The number of nitrogens with one attached hydrogen (secondary N) is 2. The Morgan fingerprint density at radius 3 is 2.60 bits per heavy atom. The van der Waals surface area contributed by atoms with Crippen LogP contribution in [-0.4, -0.2) is 21.1 Å². The summed E-state index contributed by atoms with van der Waals surface area (Å²) in [5, 5.41) is 9.64. The summed E-state index contributed by atoms with van der Waals surface area (Å²) in [6.07, 6.45) is 0. The van der Waals surface area contributed by atoms with E-state index in [1.54, 1.807) is 11.3 Å². The van der Waals surface area contributed by atoms with Crippen LogP contribution in [0.1, 0.15) is 52.5 Å². The molecule has 108 valence electrons. The van der Waals surface area contributed by atoms with Gasteiger partial charge in [-0.15, -0.1) is 16.4 Å². The van der Waals surface area contributed by atoms with Crippen LogP contribution < -0.4 is 5.32 Å². The number of carbonyl (C=O) groups excluding carboxylic acids is 1. The van der Waals surface area contributed by atoms with Crippen molar-refractivity contribution in [3.63, 3.8) is 0 Å². The standard InChI is InChI=1S/C14H20N4OS/c1-8-6-10(20-9(8)2)7-15-12(19)11-16-13(18-17-11)14(3,4)5/h6H,7H2,1-5H3,(H,15,19)(H,16,17,18). The molecule has 1 amide bonds. The fraction of sp³-hybridized carbons (Fsp3) is 0.500. The normalized spacial score (nSPS) is 11.7. The monoisotopic (exact) mass is 292 g/mol. The molecular weight excluding hydrogens is 272 g/mol. The zero-order chi connectivity index (χ0) is 14.9. The predicted molar refractivity (Wildman–Crippen MR) is 80.0 cm³/mol. The molecule has 2 heterocycles. The zero-order valence-electron chi connectivity index (χ0n) is 12.5. The molecule has 0 fully saturated rings. The zero-order valence-corrected chi connectivity index (χ0v) is 13.3. The van der Waals surface area contributed by atoms with Crippen molar-refractivity contribution in [1.82, 2.24) is 20.5 Å². The maximum atomic E-state index is 12.0. The highest BCUT2D eigenvalue weighted by atomic mass is 32.1. The van der Waals surface area contributed by atoms with E-state index in [0.717, 1.165) is 4.88 Å². The Labute approximate surface area is 122 Å². The fourth-order valence-electron chi connectivity index (χ4n) is 1.68. The molecule has 6 heteroatoms. The molecule has 0 aromatic carbocycles. The highest BCUT2D eigenvalue weighted by Crippen LogP contribution is 2.20. The molecule has 0 saturated heterocycles. The lowest BCUT2D eigenvalue weighted by atomic mass is 9.96. The quantitative estimate of drug-likeness (QED) is 0.913. The first-order chi connectivity index (χ1) is 9.27. The number of carbonyl (C=O) groups is 1. The number of amides is 1. The third-order valence-electron chi connectivity index (χ3n) is 3.04. The van der Waals surface area contributed by atoms with E-state index in [1.807, 2.05) is 20.8 Å². The molecule has 20 heavy (non-hydrogen) atoms. The van der Waals surface area contributed by atoms with E-state index < -0.39 is 0 Å². The summed E-state index contributed by atoms with van der Waals surface area (Å²) in [7, 11) is 0. The summed E-state index contributed by atoms with van der Waals surface area (Å²) in [6.45, 7) is 10.7. The summed E-state index contributed by atoms with van der Waals surface area (Å²) < 4.78 is 0. The minimum Gasteiger partial charge on any atom is -0.344 e. The van der Waals surface area contributed by atoms with Crippen molar-refractivity contribution in [2.75, 3.05) is 0 Å². The molecule has 0 aliphatic rings. The van der Waals surface area contributed by atoms with Gasteiger partial charge in [-0.2, -0.15) is 0 Å². The van der Waals surface area contributed by atoms with Crippen LogP contribution in [0.25, 0.3) is 0 Å². The highest BCUT2D eigenvalue weighted by molar-refractivity contribution is 7.12. The van der Waals surface area contributed by atoms with Gasteiger partial charge in [0.1, 0.15) is 5.82 Å². The maximum Gasteiger partial charge on any atom is 0.291 e. The average molecular weight is 292 g/mol. The molecule has 0 bridgehead atoms. The largest absolute Gasteiger partial charge is 0.344 e. The van der Waals surface area contributed by atoms with Gasteiger partial charge in [0.05, 0.1) is 6.54 Å². The third kappa shape index (κ3) is 3.25. The highest BCUT2D eigenvalue weighted by Gasteiger charge is 2.21. The van der Waals surface area contributed by atoms with Crippen LogP contribution in [0.2, 0.25) is 0 Å².